The van der Waals surface area contributed by atoms with Gasteiger partial charge in [0.2, 0.25) is 0 Å². The zero-order valence-electron chi connectivity index (χ0n) is 11.2. The number of benzene rings is 2. The van der Waals surface area contributed by atoms with Gasteiger partial charge in [-0.3, -0.25) is 0 Å². The van der Waals surface area contributed by atoms with Gasteiger partial charge in [-0.1, -0.05) is 35.9 Å². The molecule has 0 saturated heterocycles. The molecule has 2 aromatic carbocycles. The highest BCUT2D eigenvalue weighted by atomic mass is 35.5. The number of halogens is 1. The molecule has 2 N–H and O–H groups in total. The van der Waals surface area contributed by atoms with Crippen molar-refractivity contribution in [3.05, 3.63) is 71.8 Å². The van der Waals surface area contributed by atoms with Crippen LogP contribution in [0.25, 0.3) is 5.69 Å². The highest BCUT2D eigenvalue weighted by molar-refractivity contribution is 6.33. The second-order valence-electron chi connectivity index (χ2n) is 4.59. The molecule has 0 aliphatic carbocycles. The predicted molar refractivity (Wildman–Crippen MR) is 84.0 cm³/mol. The second kappa shape index (κ2) is 5.89. The number of aromatic hydroxyl groups is 1. The van der Waals surface area contributed by atoms with Crippen LogP contribution in [0.5, 0.6) is 5.75 Å². The number of anilines is 1. The largest absolute Gasteiger partial charge is 0.508 e. The molecular weight excluding hydrogens is 286 g/mol. The van der Waals surface area contributed by atoms with Crippen LogP contribution in [-0.2, 0) is 6.54 Å². The molecule has 0 unspecified atom stereocenters. The maximum atomic E-state index is 9.82. The molecule has 3 rings (SSSR count). The average molecular weight is 300 g/mol. The fourth-order valence-corrected chi connectivity index (χ4v) is 2.43. The van der Waals surface area contributed by atoms with Crippen LogP contribution in [0.15, 0.2) is 61.2 Å². The normalized spacial score (nSPS) is 10.5. The van der Waals surface area contributed by atoms with Crippen molar-refractivity contribution in [2.45, 2.75) is 6.54 Å². The molecule has 106 valence electrons. The first kappa shape index (κ1) is 13.5. The van der Waals surface area contributed by atoms with Crippen LogP contribution >= 0.6 is 11.6 Å². The van der Waals surface area contributed by atoms with Gasteiger partial charge in [-0.2, -0.15) is 0 Å². The molecule has 3 aromatic rings. The Labute approximate surface area is 127 Å². The lowest BCUT2D eigenvalue weighted by atomic mass is 10.2. The minimum atomic E-state index is 0.274. The smallest absolute Gasteiger partial charge is 0.120 e. The van der Waals surface area contributed by atoms with Crippen molar-refractivity contribution in [3.63, 3.8) is 0 Å². The van der Waals surface area contributed by atoms with Crippen LogP contribution in [0, 0.1) is 0 Å². The zero-order chi connectivity index (χ0) is 14.7. The van der Waals surface area contributed by atoms with Crippen molar-refractivity contribution in [2.24, 2.45) is 0 Å². The van der Waals surface area contributed by atoms with Gasteiger partial charge in [-0.05, 0) is 18.2 Å². The predicted octanol–water partition coefficient (Wildman–Crippen LogP) is 3.84. The minimum absolute atomic E-state index is 0.274. The Balaban J connectivity index is 1.90. The maximum absolute atomic E-state index is 9.82. The highest BCUT2D eigenvalue weighted by Crippen LogP contribution is 2.29. The van der Waals surface area contributed by atoms with E-state index in [0.29, 0.717) is 11.6 Å². The van der Waals surface area contributed by atoms with Gasteiger partial charge in [-0.25, -0.2) is 4.98 Å². The number of nitrogens with one attached hydrogen (secondary N) is 1. The van der Waals surface area contributed by atoms with Gasteiger partial charge in [0.1, 0.15) is 5.75 Å². The molecule has 0 bridgehead atoms. The van der Waals surface area contributed by atoms with E-state index in [1.54, 1.807) is 24.7 Å². The minimum Gasteiger partial charge on any atom is -0.508 e. The summed E-state index contributed by atoms with van der Waals surface area (Å²) >= 11 is 6.30. The van der Waals surface area contributed by atoms with Crippen LogP contribution in [0.2, 0.25) is 5.02 Å². The van der Waals surface area contributed by atoms with E-state index < -0.39 is 0 Å². The van der Waals surface area contributed by atoms with Crippen molar-refractivity contribution in [1.82, 2.24) is 9.55 Å². The van der Waals surface area contributed by atoms with E-state index in [2.05, 4.69) is 10.3 Å². The number of aromatic nitrogens is 2. The van der Waals surface area contributed by atoms with Crippen LogP contribution < -0.4 is 5.32 Å². The second-order valence-corrected chi connectivity index (χ2v) is 5.00. The summed E-state index contributed by atoms with van der Waals surface area (Å²) in [5, 5.41) is 13.8. The zero-order valence-corrected chi connectivity index (χ0v) is 12.0. The summed E-state index contributed by atoms with van der Waals surface area (Å²) in [6, 6.07) is 12.9. The number of nitrogens with zero attached hydrogens (tertiary/aromatic N) is 2. The Hall–Kier alpha value is -2.46. The SMILES string of the molecule is Oc1ccccc1CNc1cccc(Cl)c1-n1ccnc1. The lowest BCUT2D eigenvalue weighted by Gasteiger charge is -2.14. The van der Waals surface area contributed by atoms with Gasteiger partial charge in [0.05, 0.1) is 22.7 Å². The first-order valence-corrected chi connectivity index (χ1v) is 6.91. The van der Waals surface area contributed by atoms with Crippen molar-refractivity contribution in [2.75, 3.05) is 5.32 Å². The van der Waals surface area contributed by atoms with Gasteiger partial charge in [0, 0.05) is 24.5 Å². The summed E-state index contributed by atoms with van der Waals surface area (Å²) in [5.74, 6) is 0.274. The number of phenolic OH excluding ortho intramolecular Hbond substituents is 1. The van der Waals surface area contributed by atoms with Crippen molar-refractivity contribution >= 4 is 17.3 Å². The Kier molecular flexibility index (Phi) is 3.79. The lowest BCUT2D eigenvalue weighted by Crippen LogP contribution is -2.04. The molecule has 0 amide bonds. The van der Waals surface area contributed by atoms with E-state index in [4.69, 9.17) is 11.6 Å². The Morgan fingerprint density at radius 1 is 1.14 bits per heavy atom. The van der Waals surface area contributed by atoms with E-state index in [0.717, 1.165) is 16.9 Å². The van der Waals surface area contributed by atoms with Crippen LogP contribution in [0.1, 0.15) is 5.56 Å². The van der Waals surface area contributed by atoms with Gasteiger partial charge >= 0.3 is 0 Å². The van der Waals surface area contributed by atoms with Crippen molar-refractivity contribution in [1.29, 1.82) is 0 Å². The molecule has 5 heteroatoms. The molecule has 0 radical (unpaired) electrons. The third-order valence-corrected chi connectivity index (χ3v) is 3.52. The van der Waals surface area contributed by atoms with Gasteiger partial charge in [0.25, 0.3) is 0 Å². The first-order chi connectivity index (χ1) is 10.3. The summed E-state index contributed by atoms with van der Waals surface area (Å²) < 4.78 is 1.86. The molecule has 0 atom stereocenters. The number of phenols is 1. The fraction of sp³-hybridized carbons (Fsp3) is 0.0625. The summed E-state index contributed by atoms with van der Waals surface area (Å²) in [5.41, 5.74) is 2.55. The molecule has 1 heterocycles. The number of imidazole rings is 1. The van der Waals surface area contributed by atoms with E-state index in [-0.39, 0.29) is 5.75 Å². The molecule has 0 saturated carbocycles. The van der Waals surface area contributed by atoms with Gasteiger partial charge < -0.3 is 15.0 Å². The van der Waals surface area contributed by atoms with Crippen LogP contribution in [0.4, 0.5) is 5.69 Å². The summed E-state index contributed by atoms with van der Waals surface area (Å²) in [4.78, 5) is 4.05. The third kappa shape index (κ3) is 2.85. The van der Waals surface area contributed by atoms with E-state index in [9.17, 15) is 5.11 Å². The lowest BCUT2D eigenvalue weighted by molar-refractivity contribution is 0.469. The third-order valence-electron chi connectivity index (χ3n) is 3.21. The summed E-state index contributed by atoms with van der Waals surface area (Å²) in [6.07, 6.45) is 5.24. The molecule has 1 aromatic heterocycles. The summed E-state index contributed by atoms with van der Waals surface area (Å²) in [6.45, 7) is 0.509. The van der Waals surface area contributed by atoms with Gasteiger partial charge in [-0.15, -0.1) is 0 Å². The Bertz CT molecular complexity index is 741. The maximum Gasteiger partial charge on any atom is 0.120 e. The number of hydrogen-bond donors (Lipinski definition) is 2. The fourth-order valence-electron chi connectivity index (χ4n) is 2.16. The van der Waals surface area contributed by atoms with E-state index >= 15 is 0 Å². The standard InChI is InChI=1S/C16H14ClN3O/c17-13-5-3-6-14(16(13)20-9-8-18-11-20)19-10-12-4-1-2-7-15(12)21/h1-9,11,19,21H,10H2. The molecule has 0 fully saturated rings. The monoisotopic (exact) mass is 299 g/mol. The molecule has 0 spiro atoms. The van der Waals surface area contributed by atoms with Crippen LogP contribution in [-0.4, -0.2) is 14.7 Å². The highest BCUT2D eigenvalue weighted by Gasteiger charge is 2.09. The molecule has 21 heavy (non-hydrogen) atoms. The average Bonchev–Trinajstić information content (AvgIpc) is 3.00. The Morgan fingerprint density at radius 3 is 2.76 bits per heavy atom. The number of para-hydroxylation sites is 2. The molecule has 0 aliphatic rings. The van der Waals surface area contributed by atoms with Crippen molar-refractivity contribution < 1.29 is 5.11 Å². The quantitative estimate of drug-likeness (QED) is 0.769. The molecular formula is C16H14ClN3O. The topological polar surface area (TPSA) is 50.1 Å². The van der Waals surface area contributed by atoms with Gasteiger partial charge in [0.15, 0.2) is 0 Å². The first-order valence-electron chi connectivity index (χ1n) is 6.53. The molecule has 4 nitrogen and oxygen atoms in total. The number of rotatable bonds is 4. The van der Waals surface area contributed by atoms with Crippen molar-refractivity contribution in [3.8, 4) is 11.4 Å². The molecule has 0 aliphatic heterocycles. The Morgan fingerprint density at radius 2 is 2.00 bits per heavy atom. The summed E-state index contributed by atoms with van der Waals surface area (Å²) in [7, 11) is 0. The van der Waals surface area contributed by atoms with E-state index in [1.165, 1.54) is 0 Å². The number of hydrogen-bond acceptors (Lipinski definition) is 3. The van der Waals surface area contributed by atoms with Crippen LogP contribution in [0.3, 0.4) is 0 Å². The van der Waals surface area contributed by atoms with E-state index in [1.807, 2.05) is 41.1 Å².